The second-order valence-electron chi connectivity index (χ2n) is 6.93. The minimum absolute atomic E-state index is 0.0426. The third-order valence-electron chi connectivity index (χ3n) is 4.71. The van der Waals surface area contributed by atoms with E-state index in [0.717, 1.165) is 49.0 Å². The fraction of sp³-hybridized carbons (Fsp3) is 0.174. The van der Waals surface area contributed by atoms with Gasteiger partial charge in [-0.1, -0.05) is 35.6 Å². The number of ether oxygens (including phenoxy) is 1. The van der Waals surface area contributed by atoms with Gasteiger partial charge in [0.25, 0.3) is 5.91 Å². The van der Waals surface area contributed by atoms with Crippen molar-refractivity contribution in [1.29, 1.82) is 0 Å². The van der Waals surface area contributed by atoms with Gasteiger partial charge in [-0.25, -0.2) is 9.97 Å². The molecule has 1 amide bonds. The van der Waals surface area contributed by atoms with Gasteiger partial charge in [-0.2, -0.15) is 0 Å². The molecule has 0 aliphatic carbocycles. The van der Waals surface area contributed by atoms with Crippen LogP contribution in [0.3, 0.4) is 0 Å². The Kier molecular flexibility index (Phi) is 5.27. The molecule has 0 saturated carbocycles. The molecule has 0 aliphatic rings. The van der Waals surface area contributed by atoms with Gasteiger partial charge in [-0.3, -0.25) is 4.79 Å². The van der Waals surface area contributed by atoms with Crippen LogP contribution in [0.2, 0.25) is 0 Å². The zero-order chi connectivity index (χ0) is 20.4. The van der Waals surface area contributed by atoms with Crippen molar-refractivity contribution in [3.63, 3.8) is 0 Å². The topological polar surface area (TPSA) is 64.1 Å². The first-order valence-electron chi connectivity index (χ1n) is 9.33. The van der Waals surface area contributed by atoms with Gasteiger partial charge in [0.15, 0.2) is 6.61 Å². The van der Waals surface area contributed by atoms with Crippen LogP contribution in [0.25, 0.3) is 20.9 Å². The lowest BCUT2D eigenvalue weighted by molar-refractivity contribution is -0.118. The zero-order valence-electron chi connectivity index (χ0n) is 16.5. The highest BCUT2D eigenvalue weighted by Gasteiger charge is 2.13. The smallest absolute Gasteiger partial charge is 0.262 e. The fourth-order valence-electron chi connectivity index (χ4n) is 3.08. The number of anilines is 1. The molecule has 4 aromatic rings. The van der Waals surface area contributed by atoms with Gasteiger partial charge in [0.05, 0.1) is 0 Å². The predicted octanol–water partition coefficient (Wildman–Crippen LogP) is 5.30. The van der Waals surface area contributed by atoms with Crippen LogP contribution < -0.4 is 10.1 Å². The molecule has 5 nitrogen and oxygen atoms in total. The average Bonchev–Trinajstić information content (AvgIpc) is 3.14. The van der Waals surface area contributed by atoms with E-state index in [0.29, 0.717) is 0 Å². The molecule has 29 heavy (non-hydrogen) atoms. The Hall–Kier alpha value is -3.25. The number of hydrogen-bond acceptors (Lipinski definition) is 5. The summed E-state index contributed by atoms with van der Waals surface area (Å²) in [4.78, 5) is 22.4. The summed E-state index contributed by atoms with van der Waals surface area (Å²) in [6.45, 7) is 5.90. The molecule has 0 bridgehead atoms. The molecule has 2 aromatic carbocycles. The minimum atomic E-state index is -0.197. The van der Waals surface area contributed by atoms with Crippen LogP contribution in [-0.4, -0.2) is 22.5 Å². The van der Waals surface area contributed by atoms with E-state index in [2.05, 4.69) is 15.3 Å². The normalized spacial score (nSPS) is 10.9. The molecule has 4 rings (SSSR count). The van der Waals surface area contributed by atoms with E-state index in [1.54, 1.807) is 17.5 Å². The molecule has 2 heterocycles. The van der Waals surface area contributed by atoms with Crippen molar-refractivity contribution in [2.45, 2.75) is 20.8 Å². The molecular weight excluding hydrogens is 382 g/mol. The standard InChI is InChI=1S/C23H21N3O2S/c1-14-9-10-15(2)20(12-14)28-13-21(27)25-18-7-4-6-17(16(18)3)22-26-19-8-5-11-24-23(19)29-22/h4-12H,13H2,1-3H3,(H,25,27). The van der Waals surface area contributed by atoms with Gasteiger partial charge in [-0.05, 0) is 61.7 Å². The maximum absolute atomic E-state index is 12.5. The van der Waals surface area contributed by atoms with E-state index < -0.39 is 0 Å². The number of nitrogens with one attached hydrogen (secondary N) is 1. The Morgan fingerprint density at radius 2 is 1.97 bits per heavy atom. The number of pyridine rings is 1. The van der Waals surface area contributed by atoms with Gasteiger partial charge in [-0.15, -0.1) is 0 Å². The molecule has 2 aromatic heterocycles. The molecule has 0 unspecified atom stereocenters. The van der Waals surface area contributed by atoms with Gasteiger partial charge in [0.2, 0.25) is 0 Å². The van der Waals surface area contributed by atoms with Crippen molar-refractivity contribution in [3.8, 4) is 16.3 Å². The summed E-state index contributed by atoms with van der Waals surface area (Å²) in [5, 5.41) is 3.84. The number of nitrogens with zero attached hydrogens (tertiary/aromatic N) is 2. The summed E-state index contributed by atoms with van der Waals surface area (Å²) in [5.41, 5.74) is 5.69. The highest BCUT2D eigenvalue weighted by Crippen LogP contribution is 2.33. The molecule has 0 atom stereocenters. The van der Waals surface area contributed by atoms with Crippen molar-refractivity contribution in [2.24, 2.45) is 0 Å². The number of amides is 1. The number of rotatable bonds is 5. The van der Waals surface area contributed by atoms with E-state index in [9.17, 15) is 4.79 Å². The summed E-state index contributed by atoms with van der Waals surface area (Å²) >= 11 is 1.54. The Morgan fingerprint density at radius 1 is 1.10 bits per heavy atom. The lowest BCUT2D eigenvalue weighted by Crippen LogP contribution is -2.21. The summed E-state index contributed by atoms with van der Waals surface area (Å²) in [7, 11) is 0. The van der Waals surface area contributed by atoms with Gasteiger partial charge in [0.1, 0.15) is 21.1 Å². The average molecular weight is 404 g/mol. The maximum Gasteiger partial charge on any atom is 0.262 e. The van der Waals surface area contributed by atoms with Crippen LogP contribution in [0.1, 0.15) is 16.7 Å². The van der Waals surface area contributed by atoms with Gasteiger partial charge < -0.3 is 10.1 Å². The van der Waals surface area contributed by atoms with Crippen LogP contribution in [0, 0.1) is 20.8 Å². The Morgan fingerprint density at radius 3 is 2.79 bits per heavy atom. The van der Waals surface area contributed by atoms with E-state index in [-0.39, 0.29) is 12.5 Å². The molecule has 0 spiro atoms. The van der Waals surface area contributed by atoms with Crippen molar-refractivity contribution < 1.29 is 9.53 Å². The number of carbonyl (C=O) groups excluding carboxylic acids is 1. The number of benzene rings is 2. The SMILES string of the molecule is Cc1ccc(C)c(OCC(=O)Nc2cccc(-c3nc4cccnc4s3)c2C)c1. The second-order valence-corrected chi connectivity index (χ2v) is 7.91. The monoisotopic (exact) mass is 403 g/mol. The lowest BCUT2D eigenvalue weighted by atomic mass is 10.1. The molecule has 6 heteroatoms. The molecule has 0 aliphatic heterocycles. The first kappa shape index (κ1) is 19.1. The third kappa shape index (κ3) is 4.12. The van der Waals surface area contributed by atoms with Gasteiger partial charge >= 0.3 is 0 Å². The number of fused-ring (bicyclic) bond motifs is 1. The molecule has 0 fully saturated rings. The highest BCUT2D eigenvalue weighted by molar-refractivity contribution is 7.21. The number of hydrogen-bond donors (Lipinski definition) is 1. The van der Waals surface area contributed by atoms with E-state index in [1.165, 1.54) is 0 Å². The van der Waals surface area contributed by atoms with Crippen LogP contribution in [0.5, 0.6) is 5.75 Å². The fourth-order valence-corrected chi connectivity index (χ4v) is 4.07. The highest BCUT2D eigenvalue weighted by atomic mass is 32.1. The quantitative estimate of drug-likeness (QED) is 0.491. The van der Waals surface area contributed by atoms with Crippen molar-refractivity contribution in [3.05, 3.63) is 71.4 Å². The van der Waals surface area contributed by atoms with E-state index in [4.69, 9.17) is 4.74 Å². The number of carbonyl (C=O) groups is 1. The van der Waals surface area contributed by atoms with Crippen LogP contribution >= 0.6 is 11.3 Å². The first-order chi connectivity index (χ1) is 14.0. The molecule has 146 valence electrons. The predicted molar refractivity (Wildman–Crippen MR) is 118 cm³/mol. The Labute approximate surface area is 173 Å². The van der Waals surface area contributed by atoms with Crippen LogP contribution in [-0.2, 0) is 4.79 Å². The first-order valence-corrected chi connectivity index (χ1v) is 10.1. The summed E-state index contributed by atoms with van der Waals surface area (Å²) in [6.07, 6.45) is 1.77. The number of aryl methyl sites for hydroxylation is 2. The summed E-state index contributed by atoms with van der Waals surface area (Å²) < 4.78 is 5.72. The maximum atomic E-state index is 12.5. The van der Waals surface area contributed by atoms with Crippen molar-refractivity contribution in [2.75, 3.05) is 11.9 Å². The molecule has 0 saturated heterocycles. The van der Waals surface area contributed by atoms with E-state index in [1.807, 2.05) is 69.3 Å². The molecular formula is C23H21N3O2S. The summed E-state index contributed by atoms with van der Waals surface area (Å²) in [5.74, 6) is 0.532. The third-order valence-corrected chi connectivity index (χ3v) is 5.72. The van der Waals surface area contributed by atoms with Crippen LogP contribution in [0.4, 0.5) is 5.69 Å². The molecule has 0 radical (unpaired) electrons. The van der Waals surface area contributed by atoms with E-state index >= 15 is 0 Å². The minimum Gasteiger partial charge on any atom is -0.483 e. The number of thiazole rings is 1. The lowest BCUT2D eigenvalue weighted by Gasteiger charge is -2.13. The second kappa shape index (κ2) is 8.01. The Bertz CT molecular complexity index is 1170. The van der Waals surface area contributed by atoms with Gasteiger partial charge in [0, 0.05) is 17.4 Å². The number of aromatic nitrogens is 2. The van der Waals surface area contributed by atoms with Crippen molar-refractivity contribution in [1.82, 2.24) is 9.97 Å². The Balaban J connectivity index is 1.51. The van der Waals surface area contributed by atoms with Crippen LogP contribution in [0.15, 0.2) is 54.7 Å². The van der Waals surface area contributed by atoms with Crippen molar-refractivity contribution >= 4 is 33.3 Å². The zero-order valence-corrected chi connectivity index (χ0v) is 17.3. The summed E-state index contributed by atoms with van der Waals surface area (Å²) in [6, 6.07) is 15.6. The molecule has 1 N–H and O–H groups in total. The largest absolute Gasteiger partial charge is 0.483 e.